The topological polar surface area (TPSA) is 48.2 Å². The molecule has 1 heterocycles. The molecular formula is C18H23N3. The van der Waals surface area contributed by atoms with Gasteiger partial charge >= 0.3 is 0 Å². The zero-order chi connectivity index (χ0) is 15.2. The van der Waals surface area contributed by atoms with E-state index in [4.69, 9.17) is 5.41 Å². The minimum Gasteiger partial charge on any atom is -0.387 e. The summed E-state index contributed by atoms with van der Waals surface area (Å²) in [4.78, 5) is 4.16. The number of rotatable bonds is 6. The van der Waals surface area contributed by atoms with Crippen LogP contribution >= 0.6 is 0 Å². The van der Waals surface area contributed by atoms with Crippen molar-refractivity contribution >= 4 is 11.9 Å². The lowest BCUT2D eigenvalue weighted by Crippen LogP contribution is -2.14. The number of hydrogen-bond acceptors (Lipinski definition) is 3. The molecule has 0 aliphatic carbocycles. The van der Waals surface area contributed by atoms with Crippen LogP contribution < -0.4 is 5.32 Å². The third-order valence-electron chi connectivity index (χ3n) is 3.67. The molecule has 0 fully saturated rings. The van der Waals surface area contributed by atoms with Gasteiger partial charge in [0.15, 0.2) is 0 Å². The Labute approximate surface area is 127 Å². The fourth-order valence-electron chi connectivity index (χ4n) is 2.35. The minimum atomic E-state index is 0.597. The summed E-state index contributed by atoms with van der Waals surface area (Å²) < 4.78 is 0. The molecule has 0 aromatic heterocycles. The van der Waals surface area contributed by atoms with Gasteiger partial charge in [-0.05, 0) is 49.1 Å². The SMILES string of the molecule is CCc1ccc(C)cc1C(=N)/C(C)=C\NCC1=CC=NC1. The van der Waals surface area contributed by atoms with Crippen molar-refractivity contribution in [2.24, 2.45) is 4.99 Å². The molecule has 0 radical (unpaired) electrons. The Balaban J connectivity index is 2.06. The number of nitrogens with one attached hydrogen (secondary N) is 2. The molecule has 2 N–H and O–H groups in total. The van der Waals surface area contributed by atoms with Gasteiger partial charge in [0.1, 0.15) is 0 Å². The van der Waals surface area contributed by atoms with Gasteiger partial charge in [0.25, 0.3) is 0 Å². The first-order valence-corrected chi connectivity index (χ1v) is 7.38. The second-order valence-electron chi connectivity index (χ2n) is 5.41. The molecular weight excluding hydrogens is 258 g/mol. The molecule has 1 aromatic rings. The van der Waals surface area contributed by atoms with Crippen molar-refractivity contribution in [1.29, 1.82) is 5.41 Å². The number of nitrogens with zero attached hydrogens (tertiary/aromatic N) is 1. The lowest BCUT2D eigenvalue weighted by atomic mass is 9.95. The van der Waals surface area contributed by atoms with E-state index < -0.39 is 0 Å². The normalized spacial score (nSPS) is 14.2. The maximum absolute atomic E-state index is 8.42. The van der Waals surface area contributed by atoms with Gasteiger partial charge in [-0.15, -0.1) is 0 Å². The molecule has 0 spiro atoms. The lowest BCUT2D eigenvalue weighted by molar-refractivity contribution is 0.909. The van der Waals surface area contributed by atoms with Gasteiger partial charge in [0.05, 0.1) is 12.3 Å². The summed E-state index contributed by atoms with van der Waals surface area (Å²) in [5, 5.41) is 11.7. The third kappa shape index (κ3) is 3.91. The van der Waals surface area contributed by atoms with Crippen molar-refractivity contribution in [1.82, 2.24) is 5.32 Å². The molecule has 0 saturated carbocycles. The Hall–Kier alpha value is -2.16. The van der Waals surface area contributed by atoms with Gasteiger partial charge < -0.3 is 5.32 Å². The van der Waals surface area contributed by atoms with E-state index in [0.29, 0.717) is 5.71 Å². The van der Waals surface area contributed by atoms with Crippen LogP contribution in [-0.4, -0.2) is 25.0 Å². The van der Waals surface area contributed by atoms with Crippen molar-refractivity contribution in [2.75, 3.05) is 13.1 Å². The van der Waals surface area contributed by atoms with Crippen molar-refractivity contribution < 1.29 is 0 Å². The second kappa shape index (κ2) is 7.02. The zero-order valence-corrected chi connectivity index (χ0v) is 13.0. The predicted molar refractivity (Wildman–Crippen MR) is 90.6 cm³/mol. The molecule has 0 saturated heterocycles. The van der Waals surface area contributed by atoms with Gasteiger partial charge in [-0.1, -0.05) is 24.6 Å². The van der Waals surface area contributed by atoms with E-state index in [1.54, 1.807) is 0 Å². The predicted octanol–water partition coefficient (Wildman–Crippen LogP) is 3.43. The number of benzene rings is 1. The average molecular weight is 281 g/mol. The molecule has 21 heavy (non-hydrogen) atoms. The summed E-state index contributed by atoms with van der Waals surface area (Å²) in [7, 11) is 0. The maximum atomic E-state index is 8.42. The molecule has 2 rings (SSSR count). The second-order valence-corrected chi connectivity index (χ2v) is 5.41. The van der Waals surface area contributed by atoms with Crippen LogP contribution in [0.25, 0.3) is 0 Å². The van der Waals surface area contributed by atoms with E-state index in [1.165, 1.54) is 16.7 Å². The summed E-state index contributed by atoms with van der Waals surface area (Å²) in [6.07, 6.45) is 6.76. The van der Waals surface area contributed by atoms with Crippen molar-refractivity contribution in [3.63, 3.8) is 0 Å². The van der Waals surface area contributed by atoms with E-state index in [1.807, 2.05) is 25.4 Å². The van der Waals surface area contributed by atoms with E-state index in [9.17, 15) is 0 Å². The summed E-state index contributed by atoms with van der Waals surface area (Å²) in [5.41, 5.74) is 6.28. The van der Waals surface area contributed by atoms with Crippen molar-refractivity contribution in [2.45, 2.75) is 27.2 Å². The highest BCUT2D eigenvalue weighted by atomic mass is 14.8. The largest absolute Gasteiger partial charge is 0.387 e. The lowest BCUT2D eigenvalue weighted by Gasteiger charge is -2.12. The molecule has 110 valence electrons. The average Bonchev–Trinajstić information content (AvgIpc) is 2.99. The number of hydrogen-bond donors (Lipinski definition) is 2. The quantitative estimate of drug-likeness (QED) is 0.771. The Morgan fingerprint density at radius 2 is 2.24 bits per heavy atom. The van der Waals surface area contributed by atoms with Gasteiger partial charge in [-0.2, -0.15) is 0 Å². The first kappa shape index (κ1) is 15.2. The van der Waals surface area contributed by atoms with Crippen LogP contribution in [0.4, 0.5) is 0 Å². The van der Waals surface area contributed by atoms with Gasteiger partial charge in [0.2, 0.25) is 0 Å². The Bertz CT molecular complexity index is 621. The summed E-state index contributed by atoms with van der Waals surface area (Å²) in [6, 6.07) is 6.34. The number of aliphatic imine (C=N–C) groups is 1. The smallest absolute Gasteiger partial charge is 0.0658 e. The fourth-order valence-corrected chi connectivity index (χ4v) is 2.35. The Morgan fingerprint density at radius 1 is 1.43 bits per heavy atom. The summed E-state index contributed by atoms with van der Waals surface area (Å²) in [5.74, 6) is 0. The van der Waals surface area contributed by atoms with Gasteiger partial charge in [0, 0.05) is 24.5 Å². The number of allylic oxidation sites excluding steroid dienone is 2. The standard InChI is InChI=1S/C18H23N3/c1-4-16-6-5-13(2)9-17(16)18(19)14(3)10-21-12-15-7-8-20-11-15/h5-10,19,21H,4,11-12H2,1-3H3/b14-10-,19-18?. The van der Waals surface area contributed by atoms with Crippen LogP contribution in [-0.2, 0) is 6.42 Å². The first-order chi connectivity index (χ1) is 10.1. The maximum Gasteiger partial charge on any atom is 0.0658 e. The van der Waals surface area contributed by atoms with Crippen LogP contribution in [0.5, 0.6) is 0 Å². The molecule has 1 aromatic carbocycles. The third-order valence-corrected chi connectivity index (χ3v) is 3.67. The monoisotopic (exact) mass is 281 g/mol. The molecule has 3 nitrogen and oxygen atoms in total. The molecule has 0 atom stereocenters. The van der Waals surface area contributed by atoms with E-state index >= 15 is 0 Å². The highest BCUT2D eigenvalue weighted by molar-refractivity contribution is 6.11. The van der Waals surface area contributed by atoms with Gasteiger partial charge in [-0.25, -0.2) is 0 Å². The van der Waals surface area contributed by atoms with Crippen molar-refractivity contribution in [3.05, 3.63) is 58.3 Å². The number of aryl methyl sites for hydroxylation is 2. The first-order valence-electron chi connectivity index (χ1n) is 7.38. The minimum absolute atomic E-state index is 0.597. The Kier molecular flexibility index (Phi) is 5.09. The molecule has 0 unspecified atom stereocenters. The highest BCUT2D eigenvalue weighted by Crippen LogP contribution is 2.16. The van der Waals surface area contributed by atoms with Crippen molar-refractivity contribution in [3.8, 4) is 0 Å². The van der Waals surface area contributed by atoms with Crippen LogP contribution in [0.3, 0.4) is 0 Å². The highest BCUT2D eigenvalue weighted by Gasteiger charge is 2.09. The van der Waals surface area contributed by atoms with E-state index in [2.05, 4.69) is 42.4 Å². The summed E-state index contributed by atoms with van der Waals surface area (Å²) in [6.45, 7) is 7.76. The molecule has 3 heteroatoms. The van der Waals surface area contributed by atoms with Crippen LogP contribution in [0, 0.1) is 12.3 Å². The molecule has 0 amide bonds. The van der Waals surface area contributed by atoms with Crippen LogP contribution in [0.1, 0.15) is 30.5 Å². The Morgan fingerprint density at radius 3 is 2.90 bits per heavy atom. The van der Waals surface area contributed by atoms with E-state index in [0.717, 1.165) is 30.6 Å². The van der Waals surface area contributed by atoms with Crippen LogP contribution in [0.2, 0.25) is 0 Å². The molecule has 1 aliphatic heterocycles. The van der Waals surface area contributed by atoms with Crippen LogP contribution in [0.15, 0.2) is 46.6 Å². The fraction of sp³-hybridized carbons (Fsp3) is 0.333. The summed E-state index contributed by atoms with van der Waals surface area (Å²) >= 11 is 0. The van der Waals surface area contributed by atoms with E-state index in [-0.39, 0.29) is 0 Å². The molecule has 0 bridgehead atoms. The molecule has 1 aliphatic rings. The van der Waals surface area contributed by atoms with Gasteiger partial charge in [-0.3, -0.25) is 10.4 Å². The zero-order valence-electron chi connectivity index (χ0n) is 13.0.